The van der Waals surface area contributed by atoms with Crippen LogP contribution in [0.15, 0.2) is 77.4 Å². The molecule has 2 aliphatic rings. The average Bonchev–Trinajstić information content (AvgIpc) is 3.55. The van der Waals surface area contributed by atoms with Crippen LogP contribution in [0.3, 0.4) is 0 Å². The van der Waals surface area contributed by atoms with Crippen molar-refractivity contribution in [2.45, 2.75) is 39.0 Å². The third-order valence-corrected chi connectivity index (χ3v) is 8.45. The number of aromatic nitrogens is 3. The minimum atomic E-state index is -0.388. The highest BCUT2D eigenvalue weighted by atomic mass is 79.9. The van der Waals surface area contributed by atoms with E-state index in [1.165, 1.54) is 11.0 Å². The molecule has 0 radical (unpaired) electrons. The zero-order valence-corrected chi connectivity index (χ0v) is 24.7. The standard InChI is InChI=1S/C31H28BrFN6O3/c1-19-14-36(15-20(2)37(19)17-23-18-39(35-34-23)24-9-11-28(33)27(32)13-24)29(40)22-8-10-25-26(12-22)31(42)38(30(25)41)16-21-6-4-3-5-7-21/h3-13,18-20H,14-17H2,1-2H3/t19-,20+. The second-order valence-corrected chi connectivity index (χ2v) is 11.6. The van der Waals surface area contributed by atoms with Gasteiger partial charge in [0.25, 0.3) is 17.7 Å². The number of benzene rings is 3. The van der Waals surface area contributed by atoms with Gasteiger partial charge in [-0.3, -0.25) is 24.2 Å². The molecule has 9 nitrogen and oxygen atoms in total. The SMILES string of the molecule is C[C@@H]1CN(C(=O)c2ccc3c(c2)C(=O)N(Cc2ccccc2)C3=O)C[C@H](C)N1Cc1cn(-c2ccc(F)c(Br)c2)nn1. The molecule has 0 N–H and O–H groups in total. The molecule has 1 saturated heterocycles. The van der Waals surface area contributed by atoms with Gasteiger partial charge in [-0.25, -0.2) is 9.07 Å². The first-order chi connectivity index (χ1) is 20.2. The highest BCUT2D eigenvalue weighted by Gasteiger charge is 2.37. The Morgan fingerprint density at radius 1 is 0.929 bits per heavy atom. The third kappa shape index (κ3) is 5.25. The summed E-state index contributed by atoms with van der Waals surface area (Å²) in [5.41, 5.74) is 3.28. The molecule has 0 aliphatic carbocycles. The lowest BCUT2D eigenvalue weighted by atomic mass is 10.0. The number of halogens is 2. The number of rotatable bonds is 6. The van der Waals surface area contributed by atoms with Crippen LogP contribution >= 0.6 is 15.9 Å². The molecule has 3 heterocycles. The Labute approximate surface area is 250 Å². The van der Waals surface area contributed by atoms with Crippen LogP contribution < -0.4 is 0 Å². The second kappa shape index (κ2) is 11.2. The Bertz CT molecular complexity index is 1680. The molecule has 42 heavy (non-hydrogen) atoms. The van der Waals surface area contributed by atoms with E-state index in [1.807, 2.05) is 36.5 Å². The molecule has 3 amide bonds. The Hall–Kier alpha value is -4.22. The van der Waals surface area contributed by atoms with E-state index in [0.29, 0.717) is 40.9 Å². The largest absolute Gasteiger partial charge is 0.336 e. The normalized spacial score (nSPS) is 19.0. The van der Waals surface area contributed by atoms with Gasteiger partial charge < -0.3 is 4.90 Å². The molecule has 214 valence electrons. The summed E-state index contributed by atoms with van der Waals surface area (Å²) in [7, 11) is 0. The monoisotopic (exact) mass is 630 g/mol. The van der Waals surface area contributed by atoms with Crippen molar-refractivity contribution in [3.63, 3.8) is 0 Å². The first kappa shape index (κ1) is 27.9. The Morgan fingerprint density at radius 2 is 1.64 bits per heavy atom. The first-order valence-corrected chi connectivity index (χ1v) is 14.4. The predicted octanol–water partition coefficient (Wildman–Crippen LogP) is 4.70. The maximum absolute atomic E-state index is 13.6. The minimum Gasteiger partial charge on any atom is -0.336 e. The lowest BCUT2D eigenvalue weighted by molar-refractivity contribution is 0.0264. The zero-order valence-electron chi connectivity index (χ0n) is 23.1. The van der Waals surface area contributed by atoms with Crippen LogP contribution in [0.5, 0.6) is 0 Å². The summed E-state index contributed by atoms with van der Waals surface area (Å²) in [6.07, 6.45) is 1.82. The lowest BCUT2D eigenvalue weighted by Crippen LogP contribution is -2.57. The maximum Gasteiger partial charge on any atom is 0.261 e. The van der Waals surface area contributed by atoms with Crippen LogP contribution in [-0.4, -0.2) is 72.6 Å². The van der Waals surface area contributed by atoms with E-state index in [0.717, 1.165) is 11.3 Å². The molecule has 2 atom stereocenters. The summed E-state index contributed by atoms with van der Waals surface area (Å²) >= 11 is 3.20. The summed E-state index contributed by atoms with van der Waals surface area (Å²) in [6.45, 7) is 5.83. The first-order valence-electron chi connectivity index (χ1n) is 13.7. The molecule has 0 bridgehead atoms. The topological polar surface area (TPSA) is 91.6 Å². The number of amides is 3. The zero-order chi connectivity index (χ0) is 29.5. The van der Waals surface area contributed by atoms with Crippen LogP contribution in [0.2, 0.25) is 0 Å². The van der Waals surface area contributed by atoms with E-state index >= 15 is 0 Å². The number of piperazine rings is 1. The molecule has 1 fully saturated rings. The van der Waals surface area contributed by atoms with Crippen molar-refractivity contribution in [1.82, 2.24) is 29.7 Å². The number of carbonyl (C=O) groups excluding carboxylic acids is 3. The Kier molecular flexibility index (Phi) is 7.46. The third-order valence-electron chi connectivity index (χ3n) is 7.84. The second-order valence-electron chi connectivity index (χ2n) is 10.8. The molecule has 11 heteroatoms. The van der Waals surface area contributed by atoms with Crippen molar-refractivity contribution in [3.05, 3.63) is 111 Å². The molecule has 1 aromatic heterocycles. The van der Waals surface area contributed by atoms with Crippen LogP contribution in [0.4, 0.5) is 4.39 Å². The van der Waals surface area contributed by atoms with Crippen LogP contribution in [0.25, 0.3) is 5.69 Å². The molecule has 0 spiro atoms. The number of imide groups is 1. The highest BCUT2D eigenvalue weighted by Crippen LogP contribution is 2.27. The number of hydrogen-bond donors (Lipinski definition) is 0. The summed E-state index contributed by atoms with van der Waals surface area (Å²) in [4.78, 5) is 45.0. The summed E-state index contributed by atoms with van der Waals surface area (Å²) in [6, 6.07) is 18.8. The van der Waals surface area contributed by atoms with Gasteiger partial charge in [-0.1, -0.05) is 35.5 Å². The van der Waals surface area contributed by atoms with Gasteiger partial charge in [0.05, 0.1) is 39.7 Å². The lowest BCUT2D eigenvalue weighted by Gasteiger charge is -2.44. The maximum atomic E-state index is 13.6. The highest BCUT2D eigenvalue weighted by molar-refractivity contribution is 9.10. The van der Waals surface area contributed by atoms with Crippen LogP contribution in [-0.2, 0) is 13.1 Å². The smallest absolute Gasteiger partial charge is 0.261 e. The minimum absolute atomic E-state index is 0.0295. The van der Waals surface area contributed by atoms with Crippen molar-refractivity contribution in [3.8, 4) is 5.69 Å². The molecule has 4 aromatic rings. The Balaban J connectivity index is 1.12. The van der Waals surface area contributed by atoms with Gasteiger partial charge in [0.15, 0.2) is 0 Å². The fraction of sp³-hybridized carbons (Fsp3) is 0.258. The summed E-state index contributed by atoms with van der Waals surface area (Å²) < 4.78 is 15.6. The van der Waals surface area contributed by atoms with E-state index in [4.69, 9.17) is 0 Å². The van der Waals surface area contributed by atoms with E-state index in [2.05, 4.69) is 45.0 Å². The van der Waals surface area contributed by atoms with Gasteiger partial charge in [0, 0.05) is 37.3 Å². The average molecular weight is 632 g/mol. The van der Waals surface area contributed by atoms with Gasteiger partial charge in [-0.2, -0.15) is 0 Å². The van der Waals surface area contributed by atoms with E-state index in [9.17, 15) is 18.8 Å². The molecule has 2 aliphatic heterocycles. The quantitative estimate of drug-likeness (QED) is 0.287. The Morgan fingerprint density at radius 3 is 2.36 bits per heavy atom. The predicted molar refractivity (Wildman–Crippen MR) is 156 cm³/mol. The van der Waals surface area contributed by atoms with Gasteiger partial charge in [-0.15, -0.1) is 5.10 Å². The van der Waals surface area contributed by atoms with Gasteiger partial charge in [0.2, 0.25) is 0 Å². The number of nitrogens with zero attached hydrogens (tertiary/aromatic N) is 6. The number of hydrogen-bond acceptors (Lipinski definition) is 6. The molecule has 6 rings (SSSR count). The van der Waals surface area contributed by atoms with Crippen LogP contribution in [0.1, 0.15) is 56.2 Å². The number of fused-ring (bicyclic) bond motifs is 1. The van der Waals surface area contributed by atoms with Crippen molar-refractivity contribution in [2.75, 3.05) is 13.1 Å². The fourth-order valence-electron chi connectivity index (χ4n) is 5.66. The van der Waals surface area contributed by atoms with Gasteiger partial charge in [0.1, 0.15) is 5.82 Å². The van der Waals surface area contributed by atoms with Crippen molar-refractivity contribution >= 4 is 33.7 Å². The molecular weight excluding hydrogens is 603 g/mol. The molecule has 3 aromatic carbocycles. The summed E-state index contributed by atoms with van der Waals surface area (Å²) in [5, 5.41) is 8.51. The van der Waals surface area contributed by atoms with Crippen LogP contribution in [0, 0.1) is 5.82 Å². The van der Waals surface area contributed by atoms with Gasteiger partial charge >= 0.3 is 0 Å². The van der Waals surface area contributed by atoms with E-state index < -0.39 is 0 Å². The van der Waals surface area contributed by atoms with Gasteiger partial charge in [-0.05, 0) is 71.7 Å². The molecular formula is C31H28BrFN6O3. The summed E-state index contributed by atoms with van der Waals surface area (Å²) in [5.74, 6) is -1.26. The van der Waals surface area contributed by atoms with Crippen molar-refractivity contribution in [1.29, 1.82) is 0 Å². The molecule has 0 unspecified atom stereocenters. The van der Waals surface area contributed by atoms with E-state index in [1.54, 1.807) is 39.9 Å². The number of carbonyl (C=O) groups is 3. The fourth-order valence-corrected chi connectivity index (χ4v) is 6.03. The molecule has 0 saturated carbocycles. The van der Waals surface area contributed by atoms with Crippen molar-refractivity contribution < 1.29 is 18.8 Å². The van der Waals surface area contributed by atoms with Crippen molar-refractivity contribution in [2.24, 2.45) is 0 Å². The van der Waals surface area contributed by atoms with E-state index in [-0.39, 0.29) is 47.7 Å².